The van der Waals surface area contributed by atoms with Crippen LogP contribution in [0.2, 0.25) is 0 Å². The van der Waals surface area contributed by atoms with Crippen LogP contribution in [-0.4, -0.2) is 304 Å². The summed E-state index contributed by atoms with van der Waals surface area (Å²) in [5.74, 6) is -0.340. The van der Waals surface area contributed by atoms with Crippen LogP contribution in [0.1, 0.15) is 29.7 Å². The molecule has 0 fully saturated rings. The Balaban J connectivity index is -0.0000000352. The van der Waals surface area contributed by atoms with Crippen LogP contribution in [0, 0.1) is 0 Å². The van der Waals surface area contributed by atoms with Crippen LogP contribution in [0.4, 0.5) is 0 Å². The summed E-state index contributed by atoms with van der Waals surface area (Å²) in [7, 11) is -28.0. The molecule has 0 unspecified atom stereocenters. The summed E-state index contributed by atoms with van der Waals surface area (Å²) in [6.45, 7) is 6.03. The topological polar surface area (TPSA) is 542 Å². The second-order valence-corrected chi connectivity index (χ2v) is 23.0. The van der Waals surface area contributed by atoms with Crippen molar-refractivity contribution in [2.24, 2.45) is 0 Å². The minimum atomic E-state index is -4.56. The van der Waals surface area contributed by atoms with Gasteiger partial charge in [0, 0.05) is 128 Å². The fraction of sp³-hybridized carbons (Fsp3) is 1.00. The Kier molecular flexibility index (Phi) is 173. The Morgan fingerprint density at radius 3 is 0.753 bits per heavy atom. The van der Waals surface area contributed by atoms with Crippen molar-refractivity contribution in [2.45, 2.75) is 29.7 Å². The molecule has 0 aromatic carbocycles. The van der Waals surface area contributed by atoms with Crippen molar-refractivity contribution in [3.8, 4) is 0 Å². The minimum Gasteiger partial charge on any atom is -0.917 e. The van der Waals surface area contributed by atoms with Crippen LogP contribution < -0.4 is 223 Å². The number of alkyl halides is 5. The van der Waals surface area contributed by atoms with Gasteiger partial charge in [-0.1, -0.05) is 29.7 Å². The number of hydrogen-bond acceptors (Lipinski definition) is 32. The van der Waals surface area contributed by atoms with Crippen molar-refractivity contribution in [2.75, 3.05) is 189 Å². The van der Waals surface area contributed by atoms with Gasteiger partial charge in [0.2, 0.25) is 0 Å². The van der Waals surface area contributed by atoms with Crippen LogP contribution >= 0.6 is 58.0 Å². The summed E-state index contributed by atoms with van der Waals surface area (Å²) >= 11 is 27.3. The van der Waals surface area contributed by atoms with Gasteiger partial charge in [-0.3, -0.25) is 18.9 Å². The van der Waals surface area contributed by atoms with Gasteiger partial charge in [0.1, 0.15) is 0 Å². The van der Waals surface area contributed by atoms with Gasteiger partial charge < -0.3 is 86.0 Å². The van der Waals surface area contributed by atoms with Crippen LogP contribution in [0.3, 0.4) is 0 Å². The molecule has 32 nitrogen and oxygen atoms in total. The Hall–Kier alpha value is 7.38. The maximum Gasteiger partial charge on any atom is 1.00 e. The fourth-order valence-corrected chi connectivity index (χ4v) is 6.81. The minimum absolute atomic E-state index is 0. The quantitative estimate of drug-likeness (QED) is 0.00703. The van der Waals surface area contributed by atoms with Crippen molar-refractivity contribution >= 4 is 131 Å². The van der Waals surface area contributed by atoms with Crippen molar-refractivity contribution in [3.63, 3.8) is 0 Å². The van der Waals surface area contributed by atoms with Gasteiger partial charge in [-0.15, -0.1) is 58.0 Å². The molecular formula is C34H86Cl5N6Na7O26S7. The second-order valence-electron chi connectivity index (χ2n) is 12.6. The smallest absolute Gasteiger partial charge is 0.917 e. The molecule has 0 heterocycles. The summed E-state index contributed by atoms with van der Waals surface area (Å²) in [6.07, 6.45) is 0. The van der Waals surface area contributed by atoms with Gasteiger partial charge >= 0.3 is 207 Å². The van der Waals surface area contributed by atoms with Crippen LogP contribution in [0.15, 0.2) is 0 Å². The van der Waals surface area contributed by atoms with E-state index < -0.39 is 121 Å². The molecule has 0 radical (unpaired) electrons. The molecule has 0 spiro atoms. The first-order chi connectivity index (χ1) is 34.0. The average molecular weight is 1560 g/mol. The molecule has 0 atom stereocenters. The maximum atomic E-state index is 10.5. The molecule has 0 aliphatic carbocycles. The van der Waals surface area contributed by atoms with E-state index in [9.17, 15) is 55.7 Å². The molecule has 0 aliphatic heterocycles. The summed E-state index contributed by atoms with van der Waals surface area (Å²) < 4.78 is 201. The van der Waals surface area contributed by atoms with Crippen molar-refractivity contribution in [1.29, 1.82) is 0 Å². The van der Waals surface area contributed by atoms with Gasteiger partial charge in [-0.2, -0.15) is 38.8 Å². The molecule has 0 bridgehead atoms. The number of hydrogen-bond donors (Lipinski definition) is 10. The number of aliphatic hydroxyl groups excluding tert-OH is 5. The van der Waals surface area contributed by atoms with E-state index in [0.717, 1.165) is 37.6 Å². The molecule has 0 rings (SSSR count). The first kappa shape index (κ1) is 143. The SMILES string of the molecule is C.C.C.C.ClCCN(CCCl)CCCl.ClCCNCCCl.O=S(=O)([O-])CCN(CCS(=O)(=O)[O-])CCS(=O)(=O)O.O=S(=O)([O-])CCNCCS(=O)(=O)O.O=[S-](=O)[O-].O=[S-](=O)[O-].OCCN(CCO)CCO.OCCNCCO.[Na+].[Na+].[Na+].[Na+].[Na+].[Na+].[Na+]. The molecule has 10 N–H and O–H groups in total. The number of rotatable bonds is 35. The molecular weight excluding hydrogens is 1470 g/mol. The Bertz CT molecular complexity index is 1760. The summed E-state index contributed by atoms with van der Waals surface area (Å²) in [5, 5.41) is 49.9. The standard InChI is InChI=1S/C6H12Cl3N.C6H15NO9S3.C6H15NO3.C4H9Cl2N.C4H11NO6S2.C4H11NO2.4CH4.7Na.2O3S/c7-1-4-10(5-2-8)6-3-9;8-17(9,10)4-1-7(2-5-18(11,12)13)3-6-19(14,15)16;8-4-1-7(2-5-9)3-6-10;5-1-3-7-4-2-6;6-12(7,8)3-1-5-2-4-13(9,10)11;6-3-1-5-2-4-7;;;;;;;;;;;;2*1-4(2)3/h1-6H2;1-6H2,(H,8,9,10)(H,11,12,13)(H,14,15,16);8-10H,1-6H2;7H,1-4H2;5H,1-4H2,(H,6,7,8)(H,9,10,11);5-7H,1-4H2;4*1H4;;;;;;;;;/q;;;;;;;;;;7*+1;2*-2/p-3. The number of nitrogens with one attached hydrogen (secondary N) is 3. The largest absolute Gasteiger partial charge is 1.00 e. The van der Waals surface area contributed by atoms with E-state index >= 15 is 0 Å². The zero-order valence-electron chi connectivity index (χ0n) is 46.7. The van der Waals surface area contributed by atoms with E-state index in [4.69, 9.17) is 119 Å². The van der Waals surface area contributed by atoms with Gasteiger partial charge in [-0.05, 0) is 0 Å². The van der Waals surface area contributed by atoms with E-state index in [2.05, 4.69) is 20.9 Å². The third kappa shape index (κ3) is 194. The molecule has 0 amide bonds. The Morgan fingerprint density at radius 2 is 0.541 bits per heavy atom. The molecule has 0 aliphatic rings. The molecule has 492 valence electrons. The molecule has 0 saturated heterocycles. The summed E-state index contributed by atoms with van der Waals surface area (Å²) in [6, 6.07) is 0. The predicted octanol–water partition coefficient (Wildman–Crippen LogP) is -24.4. The first-order valence-corrected chi connectivity index (χ1v) is 33.0. The van der Waals surface area contributed by atoms with Crippen LogP contribution in [-0.2, 0) is 89.4 Å². The van der Waals surface area contributed by atoms with Crippen molar-refractivity contribution in [1.82, 2.24) is 30.7 Å². The molecule has 85 heavy (non-hydrogen) atoms. The van der Waals surface area contributed by atoms with E-state index in [1.165, 1.54) is 0 Å². The Labute approximate surface area is 692 Å². The zero-order chi connectivity index (χ0) is 59.7. The monoisotopic (exact) mass is 1550 g/mol. The third-order valence-electron chi connectivity index (χ3n) is 6.62. The fourth-order valence-electron chi connectivity index (χ4n) is 3.58. The van der Waals surface area contributed by atoms with Gasteiger partial charge in [0.05, 0.1) is 92.2 Å². The molecule has 51 heteroatoms. The zero-order valence-corrected chi connectivity index (χ0v) is 70.2. The van der Waals surface area contributed by atoms with E-state index in [-0.39, 0.29) is 283 Å². The third-order valence-corrected chi connectivity index (χ3v) is 11.0. The van der Waals surface area contributed by atoms with Crippen molar-refractivity contribution < 1.29 is 323 Å². The average Bonchev–Trinajstić information content (AvgIpc) is 3.23. The van der Waals surface area contributed by atoms with E-state index in [0.29, 0.717) is 62.1 Å². The van der Waals surface area contributed by atoms with Crippen molar-refractivity contribution in [3.05, 3.63) is 0 Å². The van der Waals surface area contributed by atoms with Gasteiger partial charge in [0.15, 0.2) is 0 Å². The molecule has 0 aromatic rings. The van der Waals surface area contributed by atoms with Crippen LogP contribution in [0.5, 0.6) is 0 Å². The summed E-state index contributed by atoms with van der Waals surface area (Å²) in [5.41, 5.74) is 0. The number of halogens is 5. The number of nitrogens with zero attached hydrogens (tertiary/aromatic N) is 3. The normalized spacial score (nSPS) is 10.0. The first-order valence-electron chi connectivity index (χ1n) is 20.4. The van der Waals surface area contributed by atoms with Gasteiger partial charge in [-0.25, -0.2) is 25.3 Å². The van der Waals surface area contributed by atoms with Gasteiger partial charge in [0.25, 0.3) is 20.2 Å². The van der Waals surface area contributed by atoms with E-state index in [1.54, 1.807) is 4.90 Å². The van der Waals surface area contributed by atoms with E-state index in [1.807, 2.05) is 0 Å². The summed E-state index contributed by atoms with van der Waals surface area (Å²) in [4.78, 5) is 4.92. The molecule has 0 saturated carbocycles. The number of aliphatic hydroxyl groups is 5. The second kappa shape index (κ2) is 102. The predicted molar refractivity (Wildman–Crippen MR) is 299 cm³/mol. The Morgan fingerprint density at radius 1 is 0.329 bits per heavy atom. The molecule has 0 aromatic heterocycles. The van der Waals surface area contributed by atoms with Crippen LogP contribution in [0.25, 0.3) is 0 Å². The maximum absolute atomic E-state index is 10.5.